The van der Waals surface area contributed by atoms with E-state index < -0.39 is 0 Å². The molecule has 0 saturated heterocycles. The topological polar surface area (TPSA) is 68.3 Å². The van der Waals surface area contributed by atoms with Crippen molar-refractivity contribution < 1.29 is 10.2 Å². The fourth-order valence-corrected chi connectivity index (χ4v) is 1.35. The van der Waals surface area contributed by atoms with E-state index in [4.69, 9.17) is 10.2 Å². The largest absolute Gasteiger partial charge is 0.396 e. The Morgan fingerprint density at radius 2 is 2.29 bits per heavy atom. The first-order chi connectivity index (χ1) is 6.86. The van der Waals surface area contributed by atoms with Crippen LogP contribution in [0.15, 0.2) is 18.3 Å². The highest BCUT2D eigenvalue weighted by Gasteiger charge is 2.04. The average molecular weight is 198 g/mol. The van der Waals surface area contributed by atoms with Crippen molar-refractivity contribution in [1.29, 1.82) is 0 Å². The zero-order valence-electron chi connectivity index (χ0n) is 8.24. The zero-order valence-corrected chi connectivity index (χ0v) is 8.24. The second-order valence-corrected chi connectivity index (χ2v) is 3.29. The van der Waals surface area contributed by atoms with Crippen molar-refractivity contribution >= 4 is 0 Å². The first-order valence-corrected chi connectivity index (χ1v) is 4.94. The Labute approximate surface area is 84.0 Å². The van der Waals surface area contributed by atoms with Gasteiger partial charge in [0.1, 0.15) is 0 Å². The summed E-state index contributed by atoms with van der Waals surface area (Å²) < 4.78 is 0. The molecule has 0 aliphatic carbocycles. The highest BCUT2D eigenvalue weighted by molar-refractivity contribution is 5.03. The van der Waals surface area contributed by atoms with Gasteiger partial charge in [-0.05, 0) is 25.0 Å². The van der Waals surface area contributed by atoms with E-state index in [0.29, 0.717) is 6.42 Å². The SMILES string of the molecule is OCCC(CO)NCCc1ccc[nH]1. The van der Waals surface area contributed by atoms with E-state index in [9.17, 15) is 0 Å². The number of nitrogens with one attached hydrogen (secondary N) is 2. The monoisotopic (exact) mass is 198 g/mol. The van der Waals surface area contributed by atoms with Gasteiger partial charge >= 0.3 is 0 Å². The molecule has 0 aliphatic heterocycles. The lowest BCUT2D eigenvalue weighted by Crippen LogP contribution is -2.34. The number of hydrogen-bond acceptors (Lipinski definition) is 3. The average Bonchev–Trinajstić information content (AvgIpc) is 2.69. The fraction of sp³-hybridized carbons (Fsp3) is 0.600. The summed E-state index contributed by atoms with van der Waals surface area (Å²) in [6.07, 6.45) is 3.41. The normalized spacial score (nSPS) is 13.0. The van der Waals surface area contributed by atoms with Crippen LogP contribution in [0.25, 0.3) is 0 Å². The van der Waals surface area contributed by atoms with Gasteiger partial charge in [0.25, 0.3) is 0 Å². The second-order valence-electron chi connectivity index (χ2n) is 3.29. The smallest absolute Gasteiger partial charge is 0.0585 e. The molecule has 0 aliphatic rings. The molecule has 0 bridgehead atoms. The number of aromatic amines is 1. The molecule has 4 nitrogen and oxygen atoms in total. The molecule has 0 saturated carbocycles. The van der Waals surface area contributed by atoms with Crippen LogP contribution in [0.4, 0.5) is 0 Å². The fourth-order valence-electron chi connectivity index (χ4n) is 1.35. The van der Waals surface area contributed by atoms with Crippen LogP contribution in [0, 0.1) is 0 Å². The van der Waals surface area contributed by atoms with Gasteiger partial charge in [0, 0.05) is 31.1 Å². The summed E-state index contributed by atoms with van der Waals surface area (Å²) in [5, 5.41) is 20.8. The summed E-state index contributed by atoms with van der Waals surface area (Å²) in [6, 6.07) is 4.00. The third-order valence-electron chi connectivity index (χ3n) is 2.19. The van der Waals surface area contributed by atoms with Gasteiger partial charge in [-0.1, -0.05) is 0 Å². The standard InChI is InChI=1S/C10H18N2O2/c13-7-4-10(8-14)12-6-3-9-2-1-5-11-9/h1-2,5,10-14H,3-4,6-8H2. The summed E-state index contributed by atoms with van der Waals surface area (Å²) in [6.45, 7) is 0.998. The Hall–Kier alpha value is -0.840. The van der Waals surface area contributed by atoms with Crippen LogP contribution in [0.3, 0.4) is 0 Å². The van der Waals surface area contributed by atoms with E-state index in [1.54, 1.807) is 0 Å². The van der Waals surface area contributed by atoms with Gasteiger partial charge in [0.2, 0.25) is 0 Å². The molecule has 1 rings (SSSR count). The molecular formula is C10H18N2O2. The number of aliphatic hydroxyl groups excluding tert-OH is 2. The minimum Gasteiger partial charge on any atom is -0.396 e. The molecule has 0 spiro atoms. The van der Waals surface area contributed by atoms with E-state index in [1.807, 2.05) is 18.3 Å². The Morgan fingerprint density at radius 3 is 2.86 bits per heavy atom. The van der Waals surface area contributed by atoms with E-state index in [0.717, 1.165) is 13.0 Å². The molecule has 4 heteroatoms. The van der Waals surface area contributed by atoms with Crippen molar-refractivity contribution in [2.75, 3.05) is 19.8 Å². The number of aromatic nitrogens is 1. The molecule has 4 N–H and O–H groups in total. The quantitative estimate of drug-likeness (QED) is 0.494. The van der Waals surface area contributed by atoms with Crippen molar-refractivity contribution in [2.45, 2.75) is 18.9 Å². The van der Waals surface area contributed by atoms with Crippen LogP contribution in [0.1, 0.15) is 12.1 Å². The van der Waals surface area contributed by atoms with E-state index in [2.05, 4.69) is 10.3 Å². The number of hydrogen-bond donors (Lipinski definition) is 4. The maximum atomic E-state index is 8.93. The summed E-state index contributed by atoms with van der Waals surface area (Å²) in [4.78, 5) is 3.11. The highest BCUT2D eigenvalue weighted by Crippen LogP contribution is 1.95. The third kappa shape index (κ3) is 3.91. The lowest BCUT2D eigenvalue weighted by Gasteiger charge is -2.14. The number of H-pyrrole nitrogens is 1. The van der Waals surface area contributed by atoms with Crippen LogP contribution in [-0.2, 0) is 6.42 Å². The van der Waals surface area contributed by atoms with Crippen LogP contribution in [0.5, 0.6) is 0 Å². The molecule has 1 aromatic rings. The number of rotatable bonds is 7. The van der Waals surface area contributed by atoms with Gasteiger partial charge < -0.3 is 20.5 Å². The molecule has 14 heavy (non-hydrogen) atoms. The maximum absolute atomic E-state index is 8.93. The summed E-state index contributed by atoms with van der Waals surface area (Å²) in [7, 11) is 0. The van der Waals surface area contributed by atoms with Gasteiger partial charge in [-0.2, -0.15) is 0 Å². The van der Waals surface area contributed by atoms with Gasteiger partial charge in [-0.15, -0.1) is 0 Å². The number of aliphatic hydroxyl groups is 2. The van der Waals surface area contributed by atoms with Crippen LogP contribution < -0.4 is 5.32 Å². The molecule has 1 unspecified atom stereocenters. The van der Waals surface area contributed by atoms with Gasteiger partial charge in [0.05, 0.1) is 6.61 Å². The lowest BCUT2D eigenvalue weighted by molar-refractivity contribution is 0.201. The van der Waals surface area contributed by atoms with Crippen LogP contribution in [-0.4, -0.2) is 41.0 Å². The molecule has 0 radical (unpaired) electrons. The minimum atomic E-state index is 0.00922. The van der Waals surface area contributed by atoms with Gasteiger partial charge in [0.15, 0.2) is 0 Å². The maximum Gasteiger partial charge on any atom is 0.0585 e. The van der Waals surface area contributed by atoms with Crippen molar-refractivity contribution in [2.24, 2.45) is 0 Å². The Bertz CT molecular complexity index is 224. The van der Waals surface area contributed by atoms with E-state index in [1.165, 1.54) is 5.69 Å². The zero-order chi connectivity index (χ0) is 10.2. The predicted molar refractivity (Wildman–Crippen MR) is 55.1 cm³/mol. The van der Waals surface area contributed by atoms with Crippen molar-refractivity contribution in [3.05, 3.63) is 24.0 Å². The molecule has 0 aromatic carbocycles. The minimum absolute atomic E-state index is 0.00922. The molecule has 1 aromatic heterocycles. The molecule has 0 fully saturated rings. The van der Waals surface area contributed by atoms with Crippen LogP contribution >= 0.6 is 0 Å². The molecule has 0 amide bonds. The van der Waals surface area contributed by atoms with E-state index in [-0.39, 0.29) is 19.3 Å². The predicted octanol–water partition coefficient (Wildman–Crippen LogP) is -0.110. The van der Waals surface area contributed by atoms with Crippen LogP contribution in [0.2, 0.25) is 0 Å². The molecular weight excluding hydrogens is 180 g/mol. The molecule has 1 heterocycles. The van der Waals surface area contributed by atoms with Crippen molar-refractivity contribution in [1.82, 2.24) is 10.3 Å². The first-order valence-electron chi connectivity index (χ1n) is 4.94. The van der Waals surface area contributed by atoms with Crippen molar-refractivity contribution in [3.8, 4) is 0 Å². The lowest BCUT2D eigenvalue weighted by atomic mass is 10.2. The van der Waals surface area contributed by atoms with E-state index >= 15 is 0 Å². The van der Waals surface area contributed by atoms with Crippen molar-refractivity contribution in [3.63, 3.8) is 0 Å². The Kier molecular flexibility index (Phi) is 5.29. The van der Waals surface area contributed by atoms with Gasteiger partial charge in [-0.25, -0.2) is 0 Å². The Morgan fingerprint density at radius 1 is 1.43 bits per heavy atom. The summed E-state index contributed by atoms with van der Waals surface area (Å²) in [5.74, 6) is 0. The molecule has 1 atom stereocenters. The molecule has 80 valence electrons. The highest BCUT2D eigenvalue weighted by atomic mass is 16.3. The summed E-state index contributed by atoms with van der Waals surface area (Å²) in [5.41, 5.74) is 1.18. The second kappa shape index (κ2) is 6.59. The van der Waals surface area contributed by atoms with Gasteiger partial charge in [-0.3, -0.25) is 0 Å². The first kappa shape index (κ1) is 11.2. The Balaban J connectivity index is 2.13. The third-order valence-corrected chi connectivity index (χ3v) is 2.19. The summed E-state index contributed by atoms with van der Waals surface area (Å²) >= 11 is 0.